The topological polar surface area (TPSA) is 35.5 Å². The first-order valence-electron chi connectivity index (χ1n) is 7.10. The van der Waals surface area contributed by atoms with E-state index in [-0.39, 0.29) is 12.1 Å². The first-order valence-corrected chi connectivity index (χ1v) is 7.10. The molecule has 1 fully saturated rings. The van der Waals surface area contributed by atoms with E-state index in [4.69, 9.17) is 0 Å². The Kier molecular flexibility index (Phi) is 4.11. The highest BCUT2D eigenvalue weighted by atomic mass is 16.3. The van der Waals surface area contributed by atoms with Crippen LogP contribution in [-0.2, 0) is 6.42 Å². The normalized spacial score (nSPS) is 20.9. The van der Waals surface area contributed by atoms with Crippen LogP contribution in [0.2, 0.25) is 0 Å². The van der Waals surface area contributed by atoms with Gasteiger partial charge in [0.05, 0.1) is 12.1 Å². The SMILES string of the molecule is OC1CNN(C(Cc2ccccc2)c2ccccc2)C1. The van der Waals surface area contributed by atoms with Crippen LogP contribution in [0.15, 0.2) is 60.7 Å². The molecule has 3 nitrogen and oxygen atoms in total. The zero-order valence-corrected chi connectivity index (χ0v) is 11.4. The number of benzene rings is 2. The minimum atomic E-state index is -0.281. The lowest BCUT2D eigenvalue weighted by Gasteiger charge is -2.28. The first kappa shape index (κ1) is 13.3. The largest absolute Gasteiger partial charge is 0.390 e. The molecule has 1 saturated heterocycles. The minimum absolute atomic E-state index is 0.246. The first-order chi connectivity index (χ1) is 9.83. The minimum Gasteiger partial charge on any atom is -0.390 e. The molecule has 0 aromatic heterocycles. The smallest absolute Gasteiger partial charge is 0.0819 e. The van der Waals surface area contributed by atoms with Gasteiger partial charge < -0.3 is 5.11 Å². The molecule has 104 valence electrons. The van der Waals surface area contributed by atoms with Crippen molar-refractivity contribution in [2.24, 2.45) is 0 Å². The van der Waals surface area contributed by atoms with Crippen LogP contribution >= 0.6 is 0 Å². The standard InChI is InChI=1S/C17H20N2O/c20-16-12-18-19(13-16)17(15-9-5-2-6-10-15)11-14-7-3-1-4-8-14/h1-10,16-18,20H,11-13H2. The molecule has 0 saturated carbocycles. The van der Waals surface area contributed by atoms with E-state index in [0.29, 0.717) is 13.1 Å². The van der Waals surface area contributed by atoms with Crippen LogP contribution in [-0.4, -0.2) is 29.3 Å². The van der Waals surface area contributed by atoms with Crippen LogP contribution in [0, 0.1) is 0 Å². The maximum absolute atomic E-state index is 9.76. The van der Waals surface area contributed by atoms with Crippen LogP contribution in [0.5, 0.6) is 0 Å². The van der Waals surface area contributed by atoms with Gasteiger partial charge in [-0.15, -0.1) is 0 Å². The van der Waals surface area contributed by atoms with Gasteiger partial charge in [-0.05, 0) is 17.5 Å². The summed E-state index contributed by atoms with van der Waals surface area (Å²) < 4.78 is 0. The van der Waals surface area contributed by atoms with Crippen molar-refractivity contribution in [3.8, 4) is 0 Å². The van der Waals surface area contributed by atoms with Gasteiger partial charge in [0.2, 0.25) is 0 Å². The number of aliphatic hydroxyl groups is 1. The number of aliphatic hydroxyl groups excluding tert-OH is 1. The van der Waals surface area contributed by atoms with E-state index in [9.17, 15) is 5.11 Å². The fourth-order valence-electron chi connectivity index (χ4n) is 2.74. The molecular weight excluding hydrogens is 248 g/mol. The molecule has 1 heterocycles. The van der Waals surface area contributed by atoms with Crippen molar-refractivity contribution in [3.63, 3.8) is 0 Å². The van der Waals surface area contributed by atoms with Crippen molar-refractivity contribution in [2.75, 3.05) is 13.1 Å². The predicted octanol–water partition coefficient (Wildman–Crippen LogP) is 2.15. The van der Waals surface area contributed by atoms with E-state index >= 15 is 0 Å². The summed E-state index contributed by atoms with van der Waals surface area (Å²) in [5, 5.41) is 11.9. The van der Waals surface area contributed by atoms with Crippen molar-refractivity contribution < 1.29 is 5.11 Å². The zero-order valence-electron chi connectivity index (χ0n) is 11.4. The second-order valence-electron chi connectivity index (χ2n) is 5.28. The predicted molar refractivity (Wildman–Crippen MR) is 80.0 cm³/mol. The molecule has 2 aromatic rings. The number of hydrazine groups is 1. The summed E-state index contributed by atoms with van der Waals surface area (Å²) in [7, 11) is 0. The van der Waals surface area contributed by atoms with Crippen LogP contribution in [0.3, 0.4) is 0 Å². The van der Waals surface area contributed by atoms with Gasteiger partial charge in [0, 0.05) is 13.1 Å². The summed E-state index contributed by atoms with van der Waals surface area (Å²) >= 11 is 0. The lowest BCUT2D eigenvalue weighted by Crippen LogP contribution is -2.36. The van der Waals surface area contributed by atoms with Gasteiger partial charge in [0.15, 0.2) is 0 Å². The highest BCUT2D eigenvalue weighted by Gasteiger charge is 2.27. The number of hydrogen-bond acceptors (Lipinski definition) is 3. The van der Waals surface area contributed by atoms with Gasteiger partial charge in [-0.25, -0.2) is 5.01 Å². The number of hydrogen-bond donors (Lipinski definition) is 2. The van der Waals surface area contributed by atoms with E-state index in [1.54, 1.807) is 0 Å². The molecule has 2 N–H and O–H groups in total. The number of rotatable bonds is 4. The molecule has 20 heavy (non-hydrogen) atoms. The Balaban J connectivity index is 1.84. The van der Waals surface area contributed by atoms with Crippen LogP contribution in [0.1, 0.15) is 17.2 Å². The molecule has 3 heteroatoms. The van der Waals surface area contributed by atoms with E-state index in [1.165, 1.54) is 11.1 Å². The lowest BCUT2D eigenvalue weighted by molar-refractivity contribution is 0.142. The van der Waals surface area contributed by atoms with Gasteiger partial charge >= 0.3 is 0 Å². The summed E-state index contributed by atoms with van der Waals surface area (Å²) in [5.74, 6) is 0. The second kappa shape index (κ2) is 6.18. The fourth-order valence-corrected chi connectivity index (χ4v) is 2.74. The van der Waals surface area contributed by atoms with Crippen molar-refractivity contribution in [3.05, 3.63) is 71.8 Å². The Bertz CT molecular complexity index is 529. The van der Waals surface area contributed by atoms with Gasteiger partial charge in [-0.3, -0.25) is 5.43 Å². The van der Waals surface area contributed by atoms with Gasteiger partial charge in [-0.2, -0.15) is 0 Å². The molecule has 1 aliphatic rings. The van der Waals surface area contributed by atoms with E-state index in [1.807, 2.05) is 12.1 Å². The molecule has 3 rings (SSSR count). The van der Waals surface area contributed by atoms with E-state index < -0.39 is 0 Å². The average Bonchev–Trinajstić information content (AvgIpc) is 2.93. The third-order valence-electron chi connectivity index (χ3n) is 3.77. The van der Waals surface area contributed by atoms with Crippen LogP contribution < -0.4 is 5.43 Å². The summed E-state index contributed by atoms with van der Waals surface area (Å²) in [4.78, 5) is 0. The Morgan fingerprint density at radius 2 is 1.70 bits per heavy atom. The summed E-state index contributed by atoms with van der Waals surface area (Å²) in [6.07, 6.45) is 0.655. The molecule has 2 aromatic carbocycles. The fraction of sp³-hybridized carbons (Fsp3) is 0.294. The second-order valence-corrected chi connectivity index (χ2v) is 5.28. The van der Waals surface area contributed by atoms with E-state index in [0.717, 1.165) is 6.42 Å². The molecule has 0 radical (unpaired) electrons. The van der Waals surface area contributed by atoms with Crippen molar-refractivity contribution in [1.82, 2.24) is 10.4 Å². The van der Waals surface area contributed by atoms with Gasteiger partial charge in [0.25, 0.3) is 0 Å². The van der Waals surface area contributed by atoms with Crippen LogP contribution in [0.25, 0.3) is 0 Å². The summed E-state index contributed by atoms with van der Waals surface area (Å²) in [6.45, 7) is 1.31. The maximum Gasteiger partial charge on any atom is 0.0819 e. The molecule has 0 spiro atoms. The summed E-state index contributed by atoms with van der Waals surface area (Å²) in [6, 6.07) is 21.2. The molecule has 2 unspecified atom stereocenters. The monoisotopic (exact) mass is 268 g/mol. The number of nitrogens with one attached hydrogen (secondary N) is 1. The van der Waals surface area contributed by atoms with E-state index in [2.05, 4.69) is 59.0 Å². The third-order valence-corrected chi connectivity index (χ3v) is 3.77. The number of β-amino-alcohol motifs (C(OH)–C–C–N with tert-alkyl or cyclic N) is 1. The average molecular weight is 268 g/mol. The van der Waals surface area contributed by atoms with Gasteiger partial charge in [0.1, 0.15) is 0 Å². The van der Waals surface area contributed by atoms with Crippen molar-refractivity contribution in [1.29, 1.82) is 0 Å². The van der Waals surface area contributed by atoms with Crippen molar-refractivity contribution >= 4 is 0 Å². The van der Waals surface area contributed by atoms with Crippen molar-refractivity contribution in [2.45, 2.75) is 18.6 Å². The Morgan fingerprint density at radius 3 is 2.30 bits per heavy atom. The Labute approximate surface area is 119 Å². The molecule has 0 amide bonds. The molecule has 0 aliphatic carbocycles. The quantitative estimate of drug-likeness (QED) is 0.892. The molecular formula is C17H20N2O. The Morgan fingerprint density at radius 1 is 1.05 bits per heavy atom. The highest BCUT2D eigenvalue weighted by molar-refractivity contribution is 5.24. The third kappa shape index (κ3) is 3.07. The number of nitrogens with zero attached hydrogens (tertiary/aromatic N) is 1. The Hall–Kier alpha value is -1.68. The van der Waals surface area contributed by atoms with Crippen LogP contribution in [0.4, 0.5) is 0 Å². The zero-order chi connectivity index (χ0) is 13.8. The highest BCUT2D eigenvalue weighted by Crippen LogP contribution is 2.25. The lowest BCUT2D eigenvalue weighted by atomic mass is 9.98. The van der Waals surface area contributed by atoms with Gasteiger partial charge in [-0.1, -0.05) is 60.7 Å². The molecule has 2 atom stereocenters. The molecule has 1 aliphatic heterocycles. The molecule has 0 bridgehead atoms. The summed E-state index contributed by atoms with van der Waals surface area (Å²) in [5.41, 5.74) is 5.89. The maximum atomic E-state index is 9.76.